The molecule has 0 aromatic rings. The van der Waals surface area contributed by atoms with Crippen LogP contribution in [0.15, 0.2) is 0 Å². The van der Waals surface area contributed by atoms with Gasteiger partial charge in [-0.25, -0.2) is 0 Å². The quantitative estimate of drug-likeness (QED) is 0.707. The van der Waals surface area contributed by atoms with Gasteiger partial charge in [0.1, 0.15) is 0 Å². The van der Waals surface area contributed by atoms with Crippen molar-refractivity contribution in [2.45, 2.75) is 38.4 Å². The smallest absolute Gasteiger partial charge is 0.225 e. The van der Waals surface area contributed by atoms with Crippen molar-refractivity contribution >= 4 is 21.8 Å². The Morgan fingerprint density at radius 1 is 1.38 bits per heavy atom. The van der Waals surface area contributed by atoms with Gasteiger partial charge in [-0.05, 0) is 23.7 Å². The van der Waals surface area contributed by atoms with E-state index < -0.39 is 0 Å². The highest BCUT2D eigenvalue weighted by atomic mass is 79.9. The number of nitrogens with two attached hydrogens (primary N) is 1. The monoisotopic (exact) mass is 245 g/mol. The fourth-order valence-corrected chi connectivity index (χ4v) is 5.33. The summed E-state index contributed by atoms with van der Waals surface area (Å²) in [5, 5.41) is 0. The molecular formula is C10H16BrNO. The van der Waals surface area contributed by atoms with Gasteiger partial charge in [0.15, 0.2) is 0 Å². The maximum absolute atomic E-state index is 11.5. The van der Waals surface area contributed by atoms with E-state index in [4.69, 9.17) is 5.73 Å². The second-order valence-electron chi connectivity index (χ2n) is 5.24. The van der Waals surface area contributed by atoms with Crippen LogP contribution in [-0.4, -0.2) is 10.7 Å². The molecule has 0 aliphatic heterocycles. The zero-order valence-corrected chi connectivity index (χ0v) is 9.94. The van der Waals surface area contributed by atoms with Crippen molar-refractivity contribution in [3.05, 3.63) is 0 Å². The molecule has 3 fully saturated rings. The van der Waals surface area contributed by atoms with Crippen molar-refractivity contribution in [2.24, 2.45) is 22.0 Å². The molecule has 3 heteroatoms. The lowest BCUT2D eigenvalue weighted by Gasteiger charge is -2.63. The fraction of sp³-hybridized carbons (Fsp3) is 0.900. The Balaban J connectivity index is 2.50. The molecular weight excluding hydrogens is 230 g/mol. The standard InChI is InChI=1S/C10H16BrNO/c1-8(2)9(3)4-5-10(8,6(9)11)7(12)13/h6H,4-5H2,1-3H3,(H2,12,13)/t6-,9-,10-/m1/s1. The van der Waals surface area contributed by atoms with Gasteiger partial charge in [0.25, 0.3) is 0 Å². The minimum Gasteiger partial charge on any atom is -0.369 e. The van der Waals surface area contributed by atoms with Crippen LogP contribution in [0.5, 0.6) is 0 Å². The van der Waals surface area contributed by atoms with E-state index >= 15 is 0 Å². The molecule has 2 nitrogen and oxygen atoms in total. The third-order valence-electron chi connectivity index (χ3n) is 5.01. The van der Waals surface area contributed by atoms with E-state index in [1.54, 1.807) is 0 Å². The predicted molar refractivity (Wildman–Crippen MR) is 55.5 cm³/mol. The van der Waals surface area contributed by atoms with Gasteiger partial charge in [0, 0.05) is 4.83 Å². The van der Waals surface area contributed by atoms with Gasteiger partial charge in [-0.15, -0.1) is 0 Å². The largest absolute Gasteiger partial charge is 0.369 e. The summed E-state index contributed by atoms with van der Waals surface area (Å²) in [6, 6.07) is 0. The van der Waals surface area contributed by atoms with E-state index in [1.165, 1.54) is 0 Å². The molecule has 0 spiro atoms. The van der Waals surface area contributed by atoms with E-state index in [2.05, 4.69) is 36.7 Å². The van der Waals surface area contributed by atoms with Crippen molar-refractivity contribution in [3.8, 4) is 0 Å². The molecule has 3 atom stereocenters. The lowest BCUT2D eigenvalue weighted by molar-refractivity contribution is -0.158. The summed E-state index contributed by atoms with van der Waals surface area (Å²) in [6.07, 6.45) is 2.06. The molecule has 2 N–H and O–H groups in total. The van der Waals surface area contributed by atoms with Crippen LogP contribution in [0.4, 0.5) is 0 Å². The van der Waals surface area contributed by atoms with Crippen LogP contribution in [0, 0.1) is 16.2 Å². The second kappa shape index (κ2) is 2.13. The summed E-state index contributed by atoms with van der Waals surface area (Å²) < 4.78 is 0. The van der Waals surface area contributed by atoms with Crippen molar-refractivity contribution < 1.29 is 4.79 Å². The number of carbonyl (C=O) groups excluding carboxylic acids is 1. The number of carbonyl (C=O) groups is 1. The molecule has 1 amide bonds. The predicted octanol–water partition coefficient (Wildman–Crippen LogP) is 2.06. The number of rotatable bonds is 1. The van der Waals surface area contributed by atoms with Crippen LogP contribution in [0.1, 0.15) is 33.6 Å². The highest BCUT2D eigenvalue weighted by Gasteiger charge is 2.79. The Kier molecular flexibility index (Phi) is 1.56. The Labute approximate surface area is 87.4 Å². The van der Waals surface area contributed by atoms with Gasteiger partial charge < -0.3 is 5.73 Å². The average Bonchev–Trinajstić information content (AvgIpc) is 2.39. The molecule has 74 valence electrons. The lowest BCUT2D eigenvalue weighted by Crippen LogP contribution is -2.68. The van der Waals surface area contributed by atoms with E-state index in [0.717, 1.165) is 12.8 Å². The van der Waals surface area contributed by atoms with Gasteiger partial charge >= 0.3 is 0 Å². The zero-order valence-electron chi connectivity index (χ0n) is 8.36. The first-order valence-electron chi connectivity index (χ1n) is 4.75. The second-order valence-corrected chi connectivity index (χ2v) is 6.16. The van der Waals surface area contributed by atoms with Crippen LogP contribution < -0.4 is 5.73 Å². The minimum absolute atomic E-state index is 0.0556. The first-order valence-corrected chi connectivity index (χ1v) is 5.66. The topological polar surface area (TPSA) is 43.1 Å². The van der Waals surface area contributed by atoms with Gasteiger partial charge in [0.2, 0.25) is 5.91 Å². The molecule has 3 aliphatic carbocycles. The van der Waals surface area contributed by atoms with Crippen molar-refractivity contribution in [1.29, 1.82) is 0 Å². The molecule has 0 unspecified atom stereocenters. The van der Waals surface area contributed by atoms with Crippen LogP contribution >= 0.6 is 15.9 Å². The maximum atomic E-state index is 11.5. The molecule has 3 saturated carbocycles. The third-order valence-corrected chi connectivity index (χ3v) is 6.81. The number of hydrogen-bond donors (Lipinski definition) is 1. The van der Waals surface area contributed by atoms with E-state index in [0.29, 0.717) is 0 Å². The number of amides is 1. The number of alkyl halides is 1. The normalized spacial score (nSPS) is 51.5. The fourth-order valence-electron chi connectivity index (χ4n) is 3.50. The number of halogens is 1. The lowest BCUT2D eigenvalue weighted by atomic mass is 9.43. The SMILES string of the molecule is CC1(C)[C@]2(C(N)=O)CC[C@]1(C)[C@H]2Br. The molecule has 2 bridgehead atoms. The highest BCUT2D eigenvalue weighted by molar-refractivity contribution is 9.09. The number of primary amides is 1. The van der Waals surface area contributed by atoms with Gasteiger partial charge in [-0.2, -0.15) is 0 Å². The van der Waals surface area contributed by atoms with E-state index in [1.807, 2.05) is 0 Å². The molecule has 0 aromatic heterocycles. The molecule has 0 aromatic carbocycles. The summed E-state index contributed by atoms with van der Waals surface area (Å²) in [6.45, 7) is 6.59. The summed E-state index contributed by atoms with van der Waals surface area (Å²) in [5.41, 5.74) is 5.54. The van der Waals surface area contributed by atoms with E-state index in [9.17, 15) is 4.79 Å². The molecule has 3 rings (SSSR count). The van der Waals surface area contributed by atoms with Crippen molar-refractivity contribution in [3.63, 3.8) is 0 Å². The summed E-state index contributed by atoms with van der Waals surface area (Å²) in [4.78, 5) is 11.8. The highest BCUT2D eigenvalue weighted by Crippen LogP contribution is 2.79. The molecule has 0 radical (unpaired) electrons. The van der Waals surface area contributed by atoms with Crippen LogP contribution in [0.2, 0.25) is 0 Å². The first kappa shape index (κ1) is 9.50. The van der Waals surface area contributed by atoms with Gasteiger partial charge in [-0.1, -0.05) is 36.7 Å². The zero-order chi connectivity index (χ0) is 10.1. The molecule has 0 saturated heterocycles. The van der Waals surface area contributed by atoms with Crippen molar-refractivity contribution in [2.75, 3.05) is 0 Å². The first-order chi connectivity index (χ1) is 5.81. The minimum atomic E-state index is -0.290. The number of hydrogen-bond acceptors (Lipinski definition) is 1. The van der Waals surface area contributed by atoms with E-state index in [-0.39, 0.29) is 27.0 Å². The number of fused-ring (bicyclic) bond motifs is 1. The van der Waals surface area contributed by atoms with Crippen LogP contribution in [-0.2, 0) is 4.79 Å². The molecule has 3 aliphatic rings. The summed E-state index contributed by atoms with van der Waals surface area (Å²) in [7, 11) is 0. The van der Waals surface area contributed by atoms with Crippen molar-refractivity contribution in [1.82, 2.24) is 0 Å². The van der Waals surface area contributed by atoms with Gasteiger partial charge in [0.05, 0.1) is 5.41 Å². The summed E-state index contributed by atoms with van der Waals surface area (Å²) >= 11 is 3.64. The maximum Gasteiger partial charge on any atom is 0.225 e. The molecule has 13 heavy (non-hydrogen) atoms. The molecule has 0 heterocycles. The van der Waals surface area contributed by atoms with Crippen LogP contribution in [0.25, 0.3) is 0 Å². The van der Waals surface area contributed by atoms with Crippen LogP contribution in [0.3, 0.4) is 0 Å². The summed E-state index contributed by atoms with van der Waals surface area (Å²) in [5.74, 6) is -0.130. The average molecular weight is 246 g/mol. The Hall–Kier alpha value is -0.0500. The Morgan fingerprint density at radius 3 is 2.08 bits per heavy atom. The Bertz CT molecular complexity index is 289. The van der Waals surface area contributed by atoms with Gasteiger partial charge in [-0.3, -0.25) is 4.79 Å². The third kappa shape index (κ3) is 0.641. The Morgan fingerprint density at radius 2 is 1.92 bits per heavy atom.